The maximum Gasteiger partial charge on any atom is 0.0704 e. The van der Waals surface area contributed by atoms with Crippen LogP contribution in [0.5, 0.6) is 0 Å². The molecule has 0 saturated heterocycles. The molecule has 0 N–H and O–H groups in total. The molecule has 0 aromatic heterocycles. The Kier molecular flexibility index (Phi) is 11.0. The van der Waals surface area contributed by atoms with E-state index in [-0.39, 0.29) is 0 Å². The predicted molar refractivity (Wildman–Crippen MR) is 63.1 cm³/mol. The second kappa shape index (κ2) is 11.0. The Hall–Kier alpha value is -0.0400. The Morgan fingerprint density at radius 2 is 1.50 bits per heavy atom. The van der Waals surface area contributed by atoms with Gasteiger partial charge in [-0.3, -0.25) is 0 Å². The van der Waals surface area contributed by atoms with Gasteiger partial charge >= 0.3 is 0 Å². The molecule has 0 saturated carbocycles. The van der Waals surface area contributed by atoms with E-state index in [1.54, 1.807) is 0 Å². The molecule has 0 amide bonds. The molecular formula is C13H27O. The van der Waals surface area contributed by atoms with Crippen molar-refractivity contribution in [3.05, 3.63) is 7.11 Å². The van der Waals surface area contributed by atoms with Crippen LogP contribution >= 0.6 is 0 Å². The van der Waals surface area contributed by atoms with Crippen LogP contribution in [0.25, 0.3) is 0 Å². The Morgan fingerprint density at radius 1 is 0.929 bits per heavy atom. The fraction of sp³-hybridized carbons (Fsp3) is 0.923. The summed E-state index contributed by atoms with van der Waals surface area (Å²) in [5.41, 5.74) is 0. The first-order valence-electron chi connectivity index (χ1n) is 6.26. The van der Waals surface area contributed by atoms with Crippen LogP contribution in [0.1, 0.15) is 71.6 Å². The molecule has 0 aliphatic rings. The average molecular weight is 199 g/mol. The van der Waals surface area contributed by atoms with E-state index in [1.807, 2.05) is 0 Å². The lowest BCUT2D eigenvalue weighted by molar-refractivity contribution is 0.122. The van der Waals surface area contributed by atoms with Crippen molar-refractivity contribution in [2.45, 2.75) is 77.7 Å². The molecule has 1 nitrogen and oxygen atoms in total. The predicted octanol–water partition coefficient (Wildman–Crippen LogP) is 4.71. The highest BCUT2D eigenvalue weighted by atomic mass is 16.5. The SMILES string of the molecule is [CH2]OC(CC)CCCCCCCCC. The van der Waals surface area contributed by atoms with E-state index in [1.165, 1.54) is 51.4 Å². The summed E-state index contributed by atoms with van der Waals surface area (Å²) < 4.78 is 5.09. The summed E-state index contributed by atoms with van der Waals surface area (Å²) in [6.07, 6.45) is 12.3. The number of ether oxygens (including phenoxy) is 1. The highest BCUT2D eigenvalue weighted by molar-refractivity contribution is 4.55. The van der Waals surface area contributed by atoms with Crippen LogP contribution in [0.15, 0.2) is 0 Å². The maximum absolute atomic E-state index is 5.09. The van der Waals surface area contributed by atoms with Crippen LogP contribution in [0, 0.1) is 7.11 Å². The minimum atomic E-state index is 0.394. The summed E-state index contributed by atoms with van der Waals surface area (Å²) in [5.74, 6) is 0. The molecule has 1 radical (unpaired) electrons. The first kappa shape index (κ1) is 14.0. The van der Waals surface area contributed by atoms with Gasteiger partial charge in [0.2, 0.25) is 0 Å². The van der Waals surface area contributed by atoms with Crippen molar-refractivity contribution in [1.82, 2.24) is 0 Å². The lowest BCUT2D eigenvalue weighted by atomic mass is 10.1. The molecule has 1 atom stereocenters. The van der Waals surface area contributed by atoms with Crippen LogP contribution in [-0.2, 0) is 4.74 Å². The fourth-order valence-corrected chi connectivity index (χ4v) is 1.73. The molecule has 0 fully saturated rings. The van der Waals surface area contributed by atoms with E-state index in [0.29, 0.717) is 6.10 Å². The van der Waals surface area contributed by atoms with Crippen LogP contribution in [-0.4, -0.2) is 6.10 Å². The summed E-state index contributed by atoms with van der Waals surface area (Å²) in [6.45, 7) is 4.43. The van der Waals surface area contributed by atoms with Crippen molar-refractivity contribution in [1.29, 1.82) is 0 Å². The van der Waals surface area contributed by atoms with Gasteiger partial charge < -0.3 is 4.74 Å². The van der Waals surface area contributed by atoms with Gasteiger partial charge in [-0.1, -0.05) is 58.8 Å². The summed E-state index contributed by atoms with van der Waals surface area (Å²) in [5, 5.41) is 0. The van der Waals surface area contributed by atoms with Gasteiger partial charge in [-0.25, -0.2) is 0 Å². The summed E-state index contributed by atoms with van der Waals surface area (Å²) in [7, 11) is 3.50. The Balaban J connectivity index is 3.04. The van der Waals surface area contributed by atoms with Crippen LogP contribution in [0.2, 0.25) is 0 Å². The Labute approximate surface area is 90.2 Å². The largest absolute Gasteiger partial charge is 0.376 e. The van der Waals surface area contributed by atoms with Gasteiger partial charge in [0.15, 0.2) is 0 Å². The lowest BCUT2D eigenvalue weighted by Gasteiger charge is -2.11. The highest BCUT2D eigenvalue weighted by Crippen LogP contribution is 2.12. The average Bonchev–Trinajstić information content (AvgIpc) is 2.22. The number of hydrogen-bond acceptors (Lipinski definition) is 1. The standard InChI is InChI=1S/C13H27O/c1-4-6-7-8-9-10-11-12-13(5-2)14-3/h13H,3-12H2,1-2H3. The molecule has 0 aromatic rings. The molecule has 0 spiro atoms. The van der Waals surface area contributed by atoms with E-state index in [2.05, 4.69) is 21.0 Å². The van der Waals surface area contributed by atoms with E-state index >= 15 is 0 Å². The van der Waals surface area contributed by atoms with E-state index < -0.39 is 0 Å². The van der Waals surface area contributed by atoms with E-state index in [4.69, 9.17) is 4.74 Å². The van der Waals surface area contributed by atoms with Gasteiger partial charge in [0.1, 0.15) is 0 Å². The fourth-order valence-electron chi connectivity index (χ4n) is 1.73. The number of hydrogen-bond donors (Lipinski definition) is 0. The minimum absolute atomic E-state index is 0.394. The topological polar surface area (TPSA) is 9.23 Å². The molecule has 85 valence electrons. The van der Waals surface area contributed by atoms with Gasteiger partial charge in [-0.2, -0.15) is 0 Å². The lowest BCUT2D eigenvalue weighted by Crippen LogP contribution is -2.06. The summed E-state index contributed by atoms with van der Waals surface area (Å²) in [6, 6.07) is 0. The monoisotopic (exact) mass is 199 g/mol. The third-order valence-corrected chi connectivity index (χ3v) is 2.82. The molecule has 0 aliphatic carbocycles. The van der Waals surface area contributed by atoms with Crippen molar-refractivity contribution < 1.29 is 4.74 Å². The second-order valence-electron chi connectivity index (χ2n) is 4.11. The molecule has 1 unspecified atom stereocenters. The van der Waals surface area contributed by atoms with Crippen LogP contribution in [0.4, 0.5) is 0 Å². The molecule has 0 heterocycles. The zero-order valence-corrected chi connectivity index (χ0v) is 10.1. The molecule has 0 aromatic carbocycles. The van der Waals surface area contributed by atoms with Gasteiger partial charge in [0, 0.05) is 0 Å². The van der Waals surface area contributed by atoms with Gasteiger partial charge in [-0.15, -0.1) is 0 Å². The quantitative estimate of drug-likeness (QED) is 0.463. The normalized spacial score (nSPS) is 13.1. The summed E-state index contributed by atoms with van der Waals surface area (Å²) in [4.78, 5) is 0. The molecule has 0 bridgehead atoms. The highest BCUT2D eigenvalue weighted by Gasteiger charge is 2.02. The van der Waals surface area contributed by atoms with Crippen LogP contribution in [0.3, 0.4) is 0 Å². The molecule has 0 rings (SSSR count). The molecule has 0 aliphatic heterocycles. The van der Waals surface area contributed by atoms with Crippen molar-refractivity contribution in [3.8, 4) is 0 Å². The molecule has 1 heteroatoms. The minimum Gasteiger partial charge on any atom is -0.376 e. The van der Waals surface area contributed by atoms with Crippen molar-refractivity contribution in [2.75, 3.05) is 0 Å². The smallest absolute Gasteiger partial charge is 0.0704 e. The van der Waals surface area contributed by atoms with E-state index in [9.17, 15) is 0 Å². The second-order valence-corrected chi connectivity index (χ2v) is 4.11. The molecular weight excluding hydrogens is 172 g/mol. The Bertz CT molecular complexity index is 97.4. The van der Waals surface area contributed by atoms with Crippen LogP contribution < -0.4 is 0 Å². The van der Waals surface area contributed by atoms with E-state index in [0.717, 1.165) is 6.42 Å². The Morgan fingerprint density at radius 3 is 2.00 bits per heavy atom. The summed E-state index contributed by atoms with van der Waals surface area (Å²) >= 11 is 0. The number of unbranched alkanes of at least 4 members (excludes halogenated alkanes) is 6. The molecule has 14 heavy (non-hydrogen) atoms. The van der Waals surface area contributed by atoms with Gasteiger partial charge in [0.25, 0.3) is 0 Å². The maximum atomic E-state index is 5.09. The third kappa shape index (κ3) is 8.55. The zero-order chi connectivity index (χ0) is 10.6. The zero-order valence-electron chi connectivity index (χ0n) is 10.1. The van der Waals surface area contributed by atoms with Crippen molar-refractivity contribution in [3.63, 3.8) is 0 Å². The van der Waals surface area contributed by atoms with Crippen molar-refractivity contribution in [2.24, 2.45) is 0 Å². The number of rotatable bonds is 10. The first-order chi connectivity index (χ1) is 6.85. The third-order valence-electron chi connectivity index (χ3n) is 2.82. The van der Waals surface area contributed by atoms with Gasteiger partial charge in [0.05, 0.1) is 13.2 Å². The van der Waals surface area contributed by atoms with Gasteiger partial charge in [-0.05, 0) is 12.8 Å². The first-order valence-corrected chi connectivity index (χ1v) is 6.26. The van der Waals surface area contributed by atoms with Crippen molar-refractivity contribution >= 4 is 0 Å².